The Balaban J connectivity index is 2.13. The lowest BCUT2D eigenvalue weighted by atomic mass is 9.98. The summed E-state index contributed by atoms with van der Waals surface area (Å²) in [6.45, 7) is 8.07. The fraction of sp³-hybridized carbons (Fsp3) is 0.333. The average Bonchev–Trinajstić information content (AvgIpc) is 2.46. The van der Waals surface area contributed by atoms with Gasteiger partial charge in [0, 0.05) is 18.8 Å². The molecule has 106 valence electrons. The number of aryl methyl sites for hydroxylation is 1. The topological polar surface area (TPSA) is 38.0 Å². The van der Waals surface area contributed by atoms with E-state index in [1.807, 2.05) is 0 Å². The van der Waals surface area contributed by atoms with Crippen molar-refractivity contribution >= 4 is 5.69 Å². The van der Waals surface area contributed by atoms with Crippen LogP contribution in [0.2, 0.25) is 0 Å². The molecule has 20 heavy (non-hydrogen) atoms. The molecule has 3 N–H and O–H groups in total. The van der Waals surface area contributed by atoms with Crippen molar-refractivity contribution in [2.45, 2.75) is 39.8 Å². The Labute approximate surface area is 122 Å². The van der Waals surface area contributed by atoms with E-state index in [2.05, 4.69) is 68.6 Å². The fourth-order valence-electron chi connectivity index (χ4n) is 2.40. The molecule has 0 radical (unpaired) electrons. The summed E-state index contributed by atoms with van der Waals surface area (Å²) in [6, 6.07) is 15.0. The number of rotatable bonds is 5. The maximum absolute atomic E-state index is 5.62. The van der Waals surface area contributed by atoms with Crippen LogP contribution >= 0.6 is 0 Å². The van der Waals surface area contributed by atoms with Gasteiger partial charge in [-0.05, 0) is 35.1 Å². The van der Waals surface area contributed by atoms with E-state index in [0.29, 0.717) is 12.5 Å². The van der Waals surface area contributed by atoms with Crippen LogP contribution in [0.1, 0.15) is 42.0 Å². The zero-order chi connectivity index (χ0) is 14.5. The van der Waals surface area contributed by atoms with E-state index in [0.717, 1.165) is 6.54 Å². The first-order valence-electron chi connectivity index (χ1n) is 7.23. The molecule has 0 heterocycles. The van der Waals surface area contributed by atoms with Gasteiger partial charge >= 0.3 is 0 Å². The average molecular weight is 268 g/mol. The summed E-state index contributed by atoms with van der Waals surface area (Å²) in [5, 5.41) is 3.59. The third kappa shape index (κ3) is 3.40. The summed E-state index contributed by atoms with van der Waals surface area (Å²) in [5.41, 5.74) is 12.0. The first kappa shape index (κ1) is 14.6. The molecule has 0 saturated heterocycles. The van der Waals surface area contributed by atoms with Crippen LogP contribution in [0.4, 0.5) is 5.69 Å². The molecule has 2 rings (SSSR count). The lowest BCUT2D eigenvalue weighted by Crippen LogP contribution is -2.05. The molecule has 0 atom stereocenters. The third-order valence-corrected chi connectivity index (χ3v) is 3.65. The van der Waals surface area contributed by atoms with Crippen molar-refractivity contribution < 1.29 is 0 Å². The summed E-state index contributed by atoms with van der Waals surface area (Å²) < 4.78 is 0. The molecule has 0 bridgehead atoms. The van der Waals surface area contributed by atoms with Crippen LogP contribution in [0.15, 0.2) is 42.5 Å². The molecule has 2 nitrogen and oxygen atoms in total. The van der Waals surface area contributed by atoms with E-state index >= 15 is 0 Å². The maximum atomic E-state index is 5.62. The molecule has 0 amide bonds. The van der Waals surface area contributed by atoms with Crippen LogP contribution < -0.4 is 11.1 Å². The summed E-state index contributed by atoms with van der Waals surface area (Å²) >= 11 is 0. The number of nitrogens with one attached hydrogen (secondary N) is 1. The first-order chi connectivity index (χ1) is 9.61. The molecule has 2 aromatic carbocycles. The Kier molecular flexibility index (Phi) is 4.80. The van der Waals surface area contributed by atoms with Gasteiger partial charge in [0.05, 0.1) is 0 Å². The predicted molar refractivity (Wildman–Crippen MR) is 86.9 cm³/mol. The third-order valence-electron chi connectivity index (χ3n) is 3.65. The van der Waals surface area contributed by atoms with Crippen LogP contribution in [0.3, 0.4) is 0 Å². The quantitative estimate of drug-likeness (QED) is 0.853. The van der Waals surface area contributed by atoms with Gasteiger partial charge in [0.2, 0.25) is 0 Å². The maximum Gasteiger partial charge on any atom is 0.0407 e. The minimum absolute atomic E-state index is 0.525. The normalized spacial score (nSPS) is 10.8. The lowest BCUT2D eigenvalue weighted by Gasteiger charge is -2.17. The van der Waals surface area contributed by atoms with Crippen molar-refractivity contribution in [2.24, 2.45) is 5.73 Å². The number of benzene rings is 2. The number of para-hydroxylation sites is 1. The highest BCUT2D eigenvalue weighted by Gasteiger charge is 2.08. The van der Waals surface area contributed by atoms with E-state index in [1.54, 1.807) is 0 Å². The van der Waals surface area contributed by atoms with Crippen LogP contribution in [0.25, 0.3) is 0 Å². The second kappa shape index (κ2) is 6.58. The van der Waals surface area contributed by atoms with Gasteiger partial charge in [-0.2, -0.15) is 0 Å². The predicted octanol–water partition coefficient (Wildman–Crippen LogP) is 4.19. The largest absolute Gasteiger partial charge is 0.381 e. The molecule has 2 heteroatoms. The Morgan fingerprint density at radius 2 is 1.65 bits per heavy atom. The van der Waals surface area contributed by atoms with Crippen molar-refractivity contribution in [1.29, 1.82) is 0 Å². The molecule has 0 fully saturated rings. The second-order valence-electron chi connectivity index (χ2n) is 5.57. The van der Waals surface area contributed by atoms with E-state index in [9.17, 15) is 0 Å². The first-order valence-corrected chi connectivity index (χ1v) is 7.23. The van der Waals surface area contributed by atoms with Gasteiger partial charge in [-0.1, -0.05) is 56.3 Å². The van der Waals surface area contributed by atoms with E-state index < -0.39 is 0 Å². The monoisotopic (exact) mass is 268 g/mol. The van der Waals surface area contributed by atoms with Crippen LogP contribution in [-0.2, 0) is 13.1 Å². The Bertz CT molecular complexity index is 556. The molecule has 2 aromatic rings. The zero-order valence-corrected chi connectivity index (χ0v) is 12.6. The highest BCUT2D eigenvalue weighted by atomic mass is 14.9. The molecular formula is C18H24N2. The van der Waals surface area contributed by atoms with E-state index in [-0.39, 0.29) is 0 Å². The summed E-state index contributed by atoms with van der Waals surface area (Å²) in [7, 11) is 0. The van der Waals surface area contributed by atoms with Gasteiger partial charge in [-0.3, -0.25) is 0 Å². The van der Waals surface area contributed by atoms with Crippen LogP contribution in [0.5, 0.6) is 0 Å². The number of nitrogens with two attached hydrogens (primary N) is 1. The summed E-state index contributed by atoms with van der Waals surface area (Å²) in [5.74, 6) is 0.525. The Hall–Kier alpha value is -1.80. The van der Waals surface area contributed by atoms with E-state index in [4.69, 9.17) is 5.73 Å². The van der Waals surface area contributed by atoms with Crippen molar-refractivity contribution in [2.75, 3.05) is 5.32 Å². The van der Waals surface area contributed by atoms with Crippen molar-refractivity contribution in [1.82, 2.24) is 0 Å². The van der Waals surface area contributed by atoms with Crippen molar-refractivity contribution in [3.8, 4) is 0 Å². The molecule has 0 aromatic heterocycles. The highest BCUT2D eigenvalue weighted by Crippen LogP contribution is 2.27. The molecule has 0 spiro atoms. The van der Waals surface area contributed by atoms with Crippen molar-refractivity contribution in [3.63, 3.8) is 0 Å². The number of anilines is 1. The van der Waals surface area contributed by atoms with Gasteiger partial charge in [0.1, 0.15) is 0 Å². The number of hydrogen-bond acceptors (Lipinski definition) is 2. The lowest BCUT2D eigenvalue weighted by molar-refractivity contribution is 0.863. The van der Waals surface area contributed by atoms with E-state index in [1.165, 1.54) is 27.9 Å². The second-order valence-corrected chi connectivity index (χ2v) is 5.57. The Morgan fingerprint density at radius 3 is 2.25 bits per heavy atom. The van der Waals surface area contributed by atoms with Gasteiger partial charge < -0.3 is 11.1 Å². The fourth-order valence-corrected chi connectivity index (χ4v) is 2.40. The molecule has 0 saturated carbocycles. The van der Waals surface area contributed by atoms with Gasteiger partial charge in [-0.15, -0.1) is 0 Å². The van der Waals surface area contributed by atoms with Crippen molar-refractivity contribution in [3.05, 3.63) is 64.7 Å². The van der Waals surface area contributed by atoms with Gasteiger partial charge in [-0.25, -0.2) is 0 Å². The summed E-state index contributed by atoms with van der Waals surface area (Å²) in [6.07, 6.45) is 0. The molecule has 0 aliphatic rings. The smallest absolute Gasteiger partial charge is 0.0407 e. The molecular weight excluding hydrogens is 244 g/mol. The molecule has 0 aliphatic carbocycles. The van der Waals surface area contributed by atoms with Gasteiger partial charge in [0.15, 0.2) is 0 Å². The van der Waals surface area contributed by atoms with Gasteiger partial charge in [0.25, 0.3) is 0 Å². The molecule has 0 aliphatic heterocycles. The number of hydrogen-bond donors (Lipinski definition) is 2. The Morgan fingerprint density at radius 1 is 1.00 bits per heavy atom. The minimum atomic E-state index is 0.525. The SMILES string of the molecule is Cc1cccc(C(C)C)c1NCc1ccc(CN)cc1. The standard InChI is InChI=1S/C18H24N2/c1-13(2)17-6-4-5-14(3)18(17)20-12-16-9-7-15(11-19)8-10-16/h4-10,13,20H,11-12,19H2,1-3H3. The zero-order valence-electron chi connectivity index (χ0n) is 12.6. The van der Waals surface area contributed by atoms with Crippen LogP contribution in [0, 0.1) is 6.92 Å². The molecule has 0 unspecified atom stereocenters. The van der Waals surface area contributed by atoms with Crippen LogP contribution in [-0.4, -0.2) is 0 Å². The highest BCUT2D eigenvalue weighted by molar-refractivity contribution is 5.58. The summed E-state index contributed by atoms with van der Waals surface area (Å²) in [4.78, 5) is 0. The minimum Gasteiger partial charge on any atom is -0.381 e.